The van der Waals surface area contributed by atoms with Crippen molar-refractivity contribution in [3.05, 3.63) is 58.2 Å². The Morgan fingerprint density at radius 2 is 1.85 bits per heavy atom. The Hall–Kier alpha value is -2.89. The van der Waals surface area contributed by atoms with Crippen molar-refractivity contribution < 1.29 is 35.5 Å². The molecular formula is C22H21F7N4O. The van der Waals surface area contributed by atoms with Gasteiger partial charge >= 0.3 is 12.4 Å². The number of H-pyrrole nitrogens is 1. The minimum absolute atomic E-state index is 0.0291. The standard InChI is InChI=1S/C22H21F7N4O/c23-16-3-1-2-14(18(16)22(27,28)29)13-4-9-33(10-5-13)20(34)19-15-6-8-32(11-7-21(24,25)26)12-17(15)30-31-19/h1-4H,5-12H2,(H,30,31). The predicted molar refractivity (Wildman–Crippen MR) is 108 cm³/mol. The molecule has 5 nitrogen and oxygen atoms in total. The maximum Gasteiger partial charge on any atom is 0.419 e. The summed E-state index contributed by atoms with van der Waals surface area (Å²) in [5, 5.41) is 6.80. The number of benzene rings is 1. The van der Waals surface area contributed by atoms with E-state index >= 15 is 0 Å². The zero-order valence-electron chi connectivity index (χ0n) is 17.9. The Morgan fingerprint density at radius 3 is 2.50 bits per heavy atom. The molecule has 4 rings (SSSR count). The SMILES string of the molecule is O=C(c1n[nH]c2c1CCN(CCC(F)(F)F)C2)N1CC=C(c2cccc(F)c2C(F)(F)F)CC1. The molecule has 2 aromatic rings. The molecule has 2 aliphatic rings. The first-order valence-electron chi connectivity index (χ1n) is 10.6. The van der Waals surface area contributed by atoms with E-state index in [1.165, 1.54) is 23.1 Å². The minimum Gasteiger partial charge on any atom is -0.333 e. The molecule has 1 aromatic heterocycles. The number of alkyl halides is 6. The molecule has 34 heavy (non-hydrogen) atoms. The Bertz CT molecular complexity index is 1100. The quantitative estimate of drug-likeness (QED) is 0.627. The number of carbonyl (C=O) groups excluding carboxylic acids is 1. The van der Waals surface area contributed by atoms with E-state index in [9.17, 15) is 35.5 Å². The van der Waals surface area contributed by atoms with Crippen LogP contribution in [0.15, 0.2) is 24.3 Å². The van der Waals surface area contributed by atoms with Crippen molar-refractivity contribution in [3.8, 4) is 0 Å². The van der Waals surface area contributed by atoms with Crippen LogP contribution in [0.1, 0.15) is 45.7 Å². The Kier molecular flexibility index (Phi) is 6.45. The van der Waals surface area contributed by atoms with Gasteiger partial charge in [0.1, 0.15) is 5.82 Å². The lowest BCUT2D eigenvalue weighted by Gasteiger charge is -2.29. The summed E-state index contributed by atoms with van der Waals surface area (Å²) in [7, 11) is 0. The van der Waals surface area contributed by atoms with Crippen molar-refractivity contribution >= 4 is 11.5 Å². The van der Waals surface area contributed by atoms with Crippen molar-refractivity contribution in [2.45, 2.75) is 38.2 Å². The van der Waals surface area contributed by atoms with Gasteiger partial charge in [-0.05, 0) is 30.0 Å². The molecule has 2 aliphatic heterocycles. The fraction of sp³-hybridized carbons (Fsp3) is 0.455. The van der Waals surface area contributed by atoms with Crippen molar-refractivity contribution in [1.82, 2.24) is 20.0 Å². The lowest BCUT2D eigenvalue weighted by Crippen LogP contribution is -2.37. The molecule has 0 saturated carbocycles. The summed E-state index contributed by atoms with van der Waals surface area (Å²) < 4.78 is 91.4. The van der Waals surface area contributed by atoms with Crippen molar-refractivity contribution in [2.75, 3.05) is 26.2 Å². The molecule has 0 spiro atoms. The Balaban J connectivity index is 1.46. The van der Waals surface area contributed by atoms with E-state index in [-0.39, 0.29) is 43.9 Å². The molecule has 0 bridgehead atoms. The number of aromatic amines is 1. The summed E-state index contributed by atoms with van der Waals surface area (Å²) >= 11 is 0. The molecule has 0 fully saturated rings. The number of amides is 1. The molecule has 0 aliphatic carbocycles. The molecular weight excluding hydrogens is 469 g/mol. The van der Waals surface area contributed by atoms with Gasteiger partial charge in [-0.2, -0.15) is 31.4 Å². The number of halogens is 7. The molecule has 0 saturated heterocycles. The summed E-state index contributed by atoms with van der Waals surface area (Å²) in [5.74, 6) is -1.76. The van der Waals surface area contributed by atoms with Crippen molar-refractivity contribution in [3.63, 3.8) is 0 Å². The average molecular weight is 490 g/mol. The highest BCUT2D eigenvalue weighted by Crippen LogP contribution is 2.38. The first-order valence-corrected chi connectivity index (χ1v) is 10.6. The van der Waals surface area contributed by atoms with Crippen LogP contribution >= 0.6 is 0 Å². The van der Waals surface area contributed by atoms with Gasteiger partial charge in [0.05, 0.1) is 17.7 Å². The minimum atomic E-state index is -4.85. The van der Waals surface area contributed by atoms with Crippen LogP contribution in [0.5, 0.6) is 0 Å². The summed E-state index contributed by atoms with van der Waals surface area (Å²) in [4.78, 5) is 16.1. The molecule has 0 radical (unpaired) electrons. The van der Waals surface area contributed by atoms with Gasteiger partial charge in [-0.25, -0.2) is 4.39 Å². The van der Waals surface area contributed by atoms with Gasteiger partial charge in [0, 0.05) is 38.3 Å². The molecule has 1 N–H and O–H groups in total. The first kappa shape index (κ1) is 24.2. The second-order valence-electron chi connectivity index (χ2n) is 8.31. The van der Waals surface area contributed by atoms with E-state index in [0.29, 0.717) is 29.8 Å². The number of nitrogens with zero attached hydrogens (tertiary/aromatic N) is 3. The number of hydrogen-bond donors (Lipinski definition) is 1. The van der Waals surface area contributed by atoms with E-state index in [2.05, 4.69) is 10.2 Å². The molecule has 0 unspecified atom stereocenters. The maximum atomic E-state index is 13.9. The van der Waals surface area contributed by atoms with Crippen LogP contribution in [-0.2, 0) is 19.1 Å². The monoisotopic (exact) mass is 490 g/mol. The van der Waals surface area contributed by atoms with Gasteiger partial charge in [-0.1, -0.05) is 18.2 Å². The number of aromatic nitrogens is 2. The van der Waals surface area contributed by atoms with E-state index < -0.39 is 36.1 Å². The zero-order chi connectivity index (χ0) is 24.7. The van der Waals surface area contributed by atoms with E-state index in [1.807, 2.05) is 0 Å². The Labute approximate surface area is 190 Å². The van der Waals surface area contributed by atoms with E-state index in [1.54, 1.807) is 4.90 Å². The largest absolute Gasteiger partial charge is 0.419 e. The lowest BCUT2D eigenvalue weighted by atomic mass is 9.94. The molecule has 3 heterocycles. The van der Waals surface area contributed by atoms with Gasteiger partial charge in [-0.15, -0.1) is 0 Å². The molecule has 1 aromatic carbocycles. The molecule has 0 atom stereocenters. The normalized spacial score (nSPS) is 17.5. The number of carbonyl (C=O) groups is 1. The third-order valence-corrected chi connectivity index (χ3v) is 6.07. The van der Waals surface area contributed by atoms with Crippen LogP contribution in [-0.4, -0.2) is 58.3 Å². The zero-order valence-corrected chi connectivity index (χ0v) is 17.9. The third-order valence-electron chi connectivity index (χ3n) is 6.07. The summed E-state index contributed by atoms with van der Waals surface area (Å²) in [6.45, 7) is 0.576. The molecule has 184 valence electrons. The van der Waals surface area contributed by atoms with Crippen LogP contribution in [0.25, 0.3) is 5.57 Å². The number of rotatable bonds is 4. The predicted octanol–water partition coefficient (Wildman–Crippen LogP) is 4.81. The summed E-state index contributed by atoms with van der Waals surface area (Å²) in [5.41, 5.74) is 0.143. The van der Waals surface area contributed by atoms with Crippen LogP contribution in [0, 0.1) is 5.82 Å². The van der Waals surface area contributed by atoms with E-state index in [4.69, 9.17) is 0 Å². The highest BCUT2D eigenvalue weighted by Gasteiger charge is 2.38. The second-order valence-corrected chi connectivity index (χ2v) is 8.31. The average Bonchev–Trinajstić information content (AvgIpc) is 3.19. The first-order chi connectivity index (χ1) is 15.9. The number of fused-ring (bicyclic) bond motifs is 1. The maximum absolute atomic E-state index is 13.9. The second kappa shape index (κ2) is 9.05. The van der Waals surface area contributed by atoms with Gasteiger partial charge in [0.25, 0.3) is 5.91 Å². The van der Waals surface area contributed by atoms with Crippen molar-refractivity contribution in [2.24, 2.45) is 0 Å². The van der Waals surface area contributed by atoms with Crippen LogP contribution in [0.3, 0.4) is 0 Å². The molecule has 12 heteroatoms. The van der Waals surface area contributed by atoms with Crippen LogP contribution < -0.4 is 0 Å². The number of nitrogens with one attached hydrogen (secondary N) is 1. The van der Waals surface area contributed by atoms with Gasteiger partial charge < -0.3 is 4.90 Å². The summed E-state index contributed by atoms with van der Waals surface area (Å²) in [6.07, 6.45) is -8.08. The fourth-order valence-corrected chi connectivity index (χ4v) is 4.35. The summed E-state index contributed by atoms with van der Waals surface area (Å²) in [6, 6.07) is 3.19. The van der Waals surface area contributed by atoms with Gasteiger partial charge in [0.15, 0.2) is 5.69 Å². The molecule has 1 amide bonds. The van der Waals surface area contributed by atoms with Gasteiger partial charge in [0.2, 0.25) is 0 Å². The highest BCUT2D eigenvalue weighted by atomic mass is 19.4. The lowest BCUT2D eigenvalue weighted by molar-refractivity contribution is -0.140. The fourth-order valence-electron chi connectivity index (χ4n) is 4.35. The van der Waals surface area contributed by atoms with Crippen LogP contribution in [0.4, 0.5) is 30.7 Å². The van der Waals surface area contributed by atoms with E-state index in [0.717, 1.165) is 6.07 Å². The smallest absolute Gasteiger partial charge is 0.333 e. The Morgan fingerprint density at radius 1 is 1.09 bits per heavy atom. The third kappa shape index (κ3) is 5.11. The van der Waals surface area contributed by atoms with Gasteiger partial charge in [-0.3, -0.25) is 14.8 Å². The topological polar surface area (TPSA) is 52.2 Å². The van der Waals surface area contributed by atoms with Crippen molar-refractivity contribution in [1.29, 1.82) is 0 Å². The van der Waals surface area contributed by atoms with Crippen LogP contribution in [0.2, 0.25) is 0 Å². The highest BCUT2D eigenvalue weighted by molar-refractivity contribution is 5.94. The number of hydrogen-bond acceptors (Lipinski definition) is 3.